The number of aromatic nitrogens is 3. The molecule has 25 heavy (non-hydrogen) atoms. The summed E-state index contributed by atoms with van der Waals surface area (Å²) in [6.07, 6.45) is 2.07. The van der Waals surface area contributed by atoms with E-state index in [-0.39, 0.29) is 17.3 Å². The lowest BCUT2D eigenvalue weighted by Crippen LogP contribution is -2.10. The minimum atomic E-state index is -0.483. The summed E-state index contributed by atoms with van der Waals surface area (Å²) in [6.45, 7) is 4.39. The Balaban J connectivity index is 1.79. The Kier molecular flexibility index (Phi) is 5.19. The van der Waals surface area contributed by atoms with Gasteiger partial charge in [0, 0.05) is 16.3 Å². The van der Waals surface area contributed by atoms with Crippen molar-refractivity contribution >= 4 is 45.1 Å². The molecule has 0 aliphatic rings. The first-order valence-electron chi connectivity index (χ1n) is 7.51. The first kappa shape index (κ1) is 17.2. The average molecular weight is 376 g/mol. The first-order valence-corrected chi connectivity index (χ1v) is 9.21. The van der Waals surface area contributed by atoms with E-state index in [0.29, 0.717) is 11.7 Å². The molecule has 3 aromatic heterocycles. The molecular weight excluding hydrogens is 360 g/mol. The lowest BCUT2D eigenvalue weighted by Gasteiger charge is -2.08. The van der Waals surface area contributed by atoms with Crippen LogP contribution in [0.3, 0.4) is 0 Å². The van der Waals surface area contributed by atoms with Crippen LogP contribution in [0.4, 0.5) is 22.5 Å². The molecule has 2 N–H and O–H groups in total. The van der Waals surface area contributed by atoms with Crippen LogP contribution in [0.5, 0.6) is 0 Å². The lowest BCUT2D eigenvalue weighted by molar-refractivity contribution is -0.383. The van der Waals surface area contributed by atoms with E-state index in [1.165, 1.54) is 22.5 Å². The number of hydrogen-bond donors (Lipinski definition) is 2. The van der Waals surface area contributed by atoms with Crippen LogP contribution >= 0.6 is 22.7 Å². The van der Waals surface area contributed by atoms with Crippen LogP contribution in [0, 0.1) is 24.0 Å². The second-order valence-corrected chi connectivity index (χ2v) is 7.45. The maximum atomic E-state index is 11.5. The molecule has 0 aliphatic heterocycles. The molecule has 0 aliphatic carbocycles. The number of rotatable bonds is 7. The zero-order chi connectivity index (χ0) is 17.8. The molecule has 3 heterocycles. The molecule has 0 saturated heterocycles. The number of nitrogens with one attached hydrogen (secondary N) is 2. The van der Waals surface area contributed by atoms with Gasteiger partial charge in [-0.1, -0.05) is 6.07 Å². The Morgan fingerprint density at radius 1 is 1.28 bits per heavy atom. The number of aryl methyl sites for hydroxylation is 2. The van der Waals surface area contributed by atoms with Crippen LogP contribution in [-0.4, -0.2) is 26.4 Å². The normalized spacial score (nSPS) is 10.6. The Morgan fingerprint density at radius 2 is 2.08 bits per heavy atom. The van der Waals surface area contributed by atoms with Gasteiger partial charge in [-0.05, 0) is 31.7 Å². The molecule has 0 fully saturated rings. The highest BCUT2D eigenvalue weighted by Gasteiger charge is 2.23. The second kappa shape index (κ2) is 7.53. The van der Waals surface area contributed by atoms with Crippen molar-refractivity contribution in [3.05, 3.63) is 49.4 Å². The van der Waals surface area contributed by atoms with Crippen molar-refractivity contribution in [3.63, 3.8) is 0 Å². The number of anilines is 3. The fourth-order valence-electron chi connectivity index (χ4n) is 2.16. The van der Waals surface area contributed by atoms with Crippen LogP contribution in [0.2, 0.25) is 0 Å². The molecule has 0 spiro atoms. The Labute approximate surface area is 152 Å². The Hall–Kier alpha value is -2.59. The molecule has 8 nitrogen and oxygen atoms in total. The molecule has 0 saturated carbocycles. The highest BCUT2D eigenvalue weighted by Crippen LogP contribution is 2.32. The van der Waals surface area contributed by atoms with Gasteiger partial charge < -0.3 is 10.6 Å². The van der Waals surface area contributed by atoms with Crippen molar-refractivity contribution in [1.29, 1.82) is 0 Å². The summed E-state index contributed by atoms with van der Waals surface area (Å²) >= 11 is 3.08. The highest BCUT2D eigenvalue weighted by molar-refractivity contribution is 7.15. The molecule has 3 rings (SSSR count). The van der Waals surface area contributed by atoms with Crippen LogP contribution in [0.1, 0.15) is 15.4 Å². The van der Waals surface area contributed by atoms with Gasteiger partial charge >= 0.3 is 5.69 Å². The Morgan fingerprint density at radius 3 is 2.72 bits per heavy atom. The van der Waals surface area contributed by atoms with Crippen LogP contribution in [0.15, 0.2) is 23.8 Å². The second-order valence-electron chi connectivity index (χ2n) is 5.22. The number of hydrogen-bond acceptors (Lipinski definition) is 9. The molecule has 0 radical (unpaired) electrons. The monoisotopic (exact) mass is 376 g/mol. The van der Waals surface area contributed by atoms with Gasteiger partial charge in [0.2, 0.25) is 11.6 Å². The Bertz CT molecular complexity index is 859. The lowest BCUT2D eigenvalue weighted by atomic mass is 10.3. The predicted octanol–water partition coefficient (Wildman–Crippen LogP) is 3.92. The van der Waals surface area contributed by atoms with Crippen LogP contribution in [-0.2, 0) is 6.42 Å². The van der Waals surface area contributed by atoms with Crippen molar-refractivity contribution in [2.24, 2.45) is 0 Å². The minimum Gasteiger partial charge on any atom is -0.364 e. The van der Waals surface area contributed by atoms with E-state index < -0.39 is 4.92 Å². The van der Waals surface area contributed by atoms with Gasteiger partial charge in [0.05, 0.1) is 10.6 Å². The number of thiazole rings is 1. The van der Waals surface area contributed by atoms with E-state index in [1.807, 2.05) is 31.4 Å². The van der Waals surface area contributed by atoms with E-state index >= 15 is 0 Å². The van der Waals surface area contributed by atoms with Gasteiger partial charge in [-0.2, -0.15) is 0 Å². The van der Waals surface area contributed by atoms with E-state index in [1.54, 1.807) is 11.3 Å². The van der Waals surface area contributed by atoms with Crippen LogP contribution < -0.4 is 10.6 Å². The standard InChI is InChI=1S/C15H16N6O2S2/c1-9-10(2)25-15(19-9)20-14-12(21(22)23)13(17-8-18-14)16-6-5-11-4-3-7-24-11/h3-4,7-8H,5-6H2,1-2H3,(H2,16,17,18,19,20). The third kappa shape index (κ3) is 4.09. The van der Waals surface area contributed by atoms with Gasteiger partial charge in [0.15, 0.2) is 5.13 Å². The average Bonchev–Trinajstić information content (AvgIpc) is 3.18. The van der Waals surface area contributed by atoms with Crippen molar-refractivity contribution < 1.29 is 4.92 Å². The summed E-state index contributed by atoms with van der Waals surface area (Å²) in [5.74, 6) is 0.330. The highest BCUT2D eigenvalue weighted by atomic mass is 32.1. The summed E-state index contributed by atoms with van der Waals surface area (Å²) in [6, 6.07) is 4.01. The molecule has 0 aromatic carbocycles. The molecule has 0 unspecified atom stereocenters. The molecule has 3 aromatic rings. The van der Waals surface area contributed by atoms with Crippen molar-refractivity contribution in [2.75, 3.05) is 17.2 Å². The zero-order valence-corrected chi connectivity index (χ0v) is 15.3. The fraction of sp³-hybridized carbons (Fsp3) is 0.267. The topological polar surface area (TPSA) is 106 Å². The summed E-state index contributed by atoms with van der Waals surface area (Å²) in [7, 11) is 0. The van der Waals surface area contributed by atoms with E-state index in [0.717, 1.165) is 17.0 Å². The maximum absolute atomic E-state index is 11.5. The summed E-state index contributed by atoms with van der Waals surface area (Å²) in [5.41, 5.74) is 0.706. The SMILES string of the molecule is Cc1nc(Nc2ncnc(NCCc3cccs3)c2[N+](=O)[O-])sc1C. The fourth-order valence-corrected chi connectivity index (χ4v) is 3.68. The van der Waals surface area contributed by atoms with Gasteiger partial charge in [-0.25, -0.2) is 15.0 Å². The van der Waals surface area contributed by atoms with Gasteiger partial charge in [0.1, 0.15) is 6.33 Å². The van der Waals surface area contributed by atoms with E-state index in [9.17, 15) is 10.1 Å². The van der Waals surface area contributed by atoms with E-state index in [4.69, 9.17) is 0 Å². The van der Waals surface area contributed by atoms with E-state index in [2.05, 4.69) is 25.6 Å². The third-order valence-corrected chi connectivity index (χ3v) is 5.43. The molecular formula is C15H16N6O2S2. The van der Waals surface area contributed by atoms with Gasteiger partial charge in [0.25, 0.3) is 0 Å². The maximum Gasteiger partial charge on any atom is 0.353 e. The quantitative estimate of drug-likeness (QED) is 0.475. The molecule has 130 valence electrons. The predicted molar refractivity (Wildman–Crippen MR) is 100 cm³/mol. The van der Waals surface area contributed by atoms with Gasteiger partial charge in [-0.15, -0.1) is 22.7 Å². The number of thiophene rings is 1. The van der Waals surface area contributed by atoms with Crippen molar-refractivity contribution in [2.45, 2.75) is 20.3 Å². The largest absolute Gasteiger partial charge is 0.364 e. The molecule has 0 amide bonds. The van der Waals surface area contributed by atoms with Crippen LogP contribution in [0.25, 0.3) is 0 Å². The third-order valence-electron chi connectivity index (χ3n) is 3.50. The molecule has 0 bridgehead atoms. The van der Waals surface area contributed by atoms with Crippen molar-refractivity contribution in [1.82, 2.24) is 15.0 Å². The summed E-state index contributed by atoms with van der Waals surface area (Å²) < 4.78 is 0. The molecule has 0 atom stereocenters. The minimum absolute atomic E-state index is 0.132. The number of nitrogens with zero attached hydrogens (tertiary/aromatic N) is 4. The van der Waals surface area contributed by atoms with Crippen molar-refractivity contribution in [3.8, 4) is 0 Å². The smallest absolute Gasteiger partial charge is 0.353 e. The summed E-state index contributed by atoms with van der Waals surface area (Å²) in [5, 5.41) is 20.1. The first-order chi connectivity index (χ1) is 12.0. The van der Waals surface area contributed by atoms with Gasteiger partial charge in [-0.3, -0.25) is 10.1 Å². The molecule has 10 heteroatoms. The number of nitro groups is 1. The summed E-state index contributed by atoms with van der Waals surface area (Å²) in [4.78, 5) is 25.7. The zero-order valence-electron chi connectivity index (χ0n) is 13.6.